The predicted octanol–water partition coefficient (Wildman–Crippen LogP) is 4.54. The molecule has 0 aliphatic rings. The molecule has 0 saturated carbocycles. The smallest absolute Gasteiger partial charge is 0.308 e. The van der Waals surface area contributed by atoms with Gasteiger partial charge in [0.05, 0.1) is 0 Å². The number of hydrogen-bond donors (Lipinski definition) is 1. The second-order valence-corrected chi connectivity index (χ2v) is 5.93. The molecule has 4 nitrogen and oxygen atoms in total. The van der Waals surface area contributed by atoms with Crippen LogP contribution in [-0.2, 0) is 11.2 Å². The molecule has 1 heterocycles. The maximum absolute atomic E-state index is 12.8. The first kappa shape index (κ1) is 16.3. The number of nitrogens with one attached hydrogen (secondary N) is 1. The van der Waals surface area contributed by atoms with Crippen molar-refractivity contribution in [1.29, 1.82) is 0 Å². The van der Waals surface area contributed by atoms with Gasteiger partial charge in [0, 0.05) is 28.4 Å². The highest BCUT2D eigenvalue weighted by atomic mass is 35.5. The number of halogens is 1. The van der Waals surface area contributed by atoms with Gasteiger partial charge in [-0.1, -0.05) is 24.6 Å². The molecule has 122 valence electrons. The highest BCUT2D eigenvalue weighted by Gasteiger charge is 2.22. The molecule has 24 heavy (non-hydrogen) atoms. The number of ether oxygens (including phenoxy) is 1. The van der Waals surface area contributed by atoms with Crippen molar-refractivity contribution in [3.8, 4) is 5.75 Å². The van der Waals surface area contributed by atoms with Crippen molar-refractivity contribution < 1.29 is 14.3 Å². The normalized spacial score (nSPS) is 10.8. The van der Waals surface area contributed by atoms with E-state index < -0.39 is 5.97 Å². The van der Waals surface area contributed by atoms with Gasteiger partial charge < -0.3 is 9.72 Å². The third kappa shape index (κ3) is 3.05. The zero-order valence-corrected chi connectivity index (χ0v) is 14.1. The van der Waals surface area contributed by atoms with E-state index in [-0.39, 0.29) is 17.2 Å². The number of hydrogen-bond acceptors (Lipinski definition) is 3. The Morgan fingerprint density at radius 3 is 2.46 bits per heavy atom. The van der Waals surface area contributed by atoms with E-state index in [1.54, 1.807) is 24.3 Å². The third-order valence-corrected chi connectivity index (χ3v) is 4.05. The first-order chi connectivity index (χ1) is 11.5. The molecule has 5 heteroatoms. The average Bonchev–Trinajstić information content (AvgIpc) is 2.92. The number of esters is 1. The van der Waals surface area contributed by atoms with Crippen LogP contribution in [-0.4, -0.2) is 16.7 Å². The summed E-state index contributed by atoms with van der Waals surface area (Å²) in [5.41, 5.74) is 2.58. The second-order valence-electron chi connectivity index (χ2n) is 5.49. The lowest BCUT2D eigenvalue weighted by molar-refractivity contribution is -0.131. The van der Waals surface area contributed by atoms with Crippen molar-refractivity contribution in [1.82, 2.24) is 4.98 Å². The van der Waals surface area contributed by atoms with Gasteiger partial charge in [0.1, 0.15) is 5.69 Å². The van der Waals surface area contributed by atoms with Gasteiger partial charge in [-0.05, 0) is 48.4 Å². The Kier molecular flexibility index (Phi) is 4.40. The SMILES string of the molecule is CCc1ccc2[nH]c(C(=O)c3ccc(Cl)cc3)c(OC(C)=O)c2c1. The number of rotatable bonds is 4. The average molecular weight is 342 g/mol. The molecule has 0 unspecified atom stereocenters. The number of aromatic nitrogens is 1. The first-order valence-electron chi connectivity index (χ1n) is 7.63. The van der Waals surface area contributed by atoms with Gasteiger partial charge in [-0.2, -0.15) is 0 Å². The number of aryl methyl sites for hydroxylation is 1. The lowest BCUT2D eigenvalue weighted by Crippen LogP contribution is -2.08. The third-order valence-electron chi connectivity index (χ3n) is 3.80. The zero-order chi connectivity index (χ0) is 17.3. The van der Waals surface area contributed by atoms with Crippen molar-refractivity contribution in [2.24, 2.45) is 0 Å². The Morgan fingerprint density at radius 2 is 1.83 bits per heavy atom. The maximum atomic E-state index is 12.8. The van der Waals surface area contributed by atoms with E-state index in [0.29, 0.717) is 10.6 Å². The molecule has 1 N–H and O–H groups in total. The lowest BCUT2D eigenvalue weighted by atomic mass is 10.1. The summed E-state index contributed by atoms with van der Waals surface area (Å²) in [5, 5.41) is 1.28. The highest BCUT2D eigenvalue weighted by Crippen LogP contribution is 2.33. The first-order valence-corrected chi connectivity index (χ1v) is 8.00. The molecule has 3 aromatic rings. The number of carbonyl (C=O) groups is 2. The summed E-state index contributed by atoms with van der Waals surface area (Å²) in [4.78, 5) is 27.4. The summed E-state index contributed by atoms with van der Waals surface area (Å²) in [6, 6.07) is 12.4. The molecule has 0 saturated heterocycles. The minimum atomic E-state index is -0.469. The van der Waals surface area contributed by atoms with E-state index >= 15 is 0 Å². The van der Waals surface area contributed by atoms with Crippen LogP contribution < -0.4 is 4.74 Å². The Bertz CT molecular complexity index is 926. The Morgan fingerprint density at radius 1 is 1.12 bits per heavy atom. The van der Waals surface area contributed by atoms with Crippen LogP contribution in [0.1, 0.15) is 35.5 Å². The maximum Gasteiger partial charge on any atom is 0.308 e. The van der Waals surface area contributed by atoms with Gasteiger partial charge in [-0.25, -0.2) is 0 Å². The van der Waals surface area contributed by atoms with Gasteiger partial charge in [0.15, 0.2) is 5.75 Å². The van der Waals surface area contributed by atoms with Gasteiger partial charge in [-0.3, -0.25) is 9.59 Å². The van der Waals surface area contributed by atoms with Crippen LogP contribution in [0.2, 0.25) is 5.02 Å². The van der Waals surface area contributed by atoms with Crippen molar-refractivity contribution in [2.45, 2.75) is 20.3 Å². The van der Waals surface area contributed by atoms with Gasteiger partial charge in [0.2, 0.25) is 5.78 Å². The van der Waals surface area contributed by atoms with Crippen molar-refractivity contribution in [2.75, 3.05) is 0 Å². The predicted molar refractivity (Wildman–Crippen MR) is 93.9 cm³/mol. The number of aromatic amines is 1. The van der Waals surface area contributed by atoms with E-state index in [0.717, 1.165) is 22.9 Å². The van der Waals surface area contributed by atoms with Crippen LogP contribution in [0, 0.1) is 0 Å². The van der Waals surface area contributed by atoms with Crippen molar-refractivity contribution in [3.05, 3.63) is 64.3 Å². The van der Waals surface area contributed by atoms with Crippen LogP contribution in [0.3, 0.4) is 0 Å². The summed E-state index contributed by atoms with van der Waals surface area (Å²) in [6.07, 6.45) is 0.848. The molecule has 0 bridgehead atoms. The van der Waals surface area contributed by atoms with Crippen LogP contribution in [0.5, 0.6) is 5.75 Å². The van der Waals surface area contributed by atoms with Gasteiger partial charge in [0.25, 0.3) is 0 Å². The molecule has 0 radical (unpaired) electrons. The molecule has 0 fully saturated rings. The van der Waals surface area contributed by atoms with Gasteiger partial charge >= 0.3 is 5.97 Å². The molecule has 1 aromatic heterocycles. The molecular weight excluding hydrogens is 326 g/mol. The topological polar surface area (TPSA) is 59.2 Å². The van der Waals surface area contributed by atoms with Crippen molar-refractivity contribution in [3.63, 3.8) is 0 Å². The van der Waals surface area contributed by atoms with E-state index in [4.69, 9.17) is 16.3 Å². The Hall–Kier alpha value is -2.59. The fourth-order valence-electron chi connectivity index (χ4n) is 2.59. The van der Waals surface area contributed by atoms with Crippen LogP contribution in [0.15, 0.2) is 42.5 Å². The van der Waals surface area contributed by atoms with Crippen LogP contribution >= 0.6 is 11.6 Å². The Labute approximate surface area is 144 Å². The second kappa shape index (κ2) is 6.49. The molecule has 0 aliphatic heterocycles. The molecular formula is C19H16ClNO3. The number of ketones is 1. The summed E-state index contributed by atoms with van der Waals surface area (Å²) >= 11 is 5.87. The molecule has 0 amide bonds. The zero-order valence-electron chi connectivity index (χ0n) is 13.4. The monoisotopic (exact) mass is 341 g/mol. The minimum Gasteiger partial charge on any atom is -0.424 e. The van der Waals surface area contributed by atoms with E-state index in [2.05, 4.69) is 4.98 Å². The number of benzene rings is 2. The van der Waals surface area contributed by atoms with E-state index in [1.807, 2.05) is 25.1 Å². The fraction of sp³-hybridized carbons (Fsp3) is 0.158. The van der Waals surface area contributed by atoms with Crippen LogP contribution in [0.4, 0.5) is 0 Å². The van der Waals surface area contributed by atoms with Crippen molar-refractivity contribution >= 4 is 34.3 Å². The fourth-order valence-corrected chi connectivity index (χ4v) is 2.72. The van der Waals surface area contributed by atoms with Crippen LogP contribution in [0.25, 0.3) is 10.9 Å². The molecule has 0 spiro atoms. The summed E-state index contributed by atoms with van der Waals surface area (Å²) in [7, 11) is 0. The van der Waals surface area contributed by atoms with E-state index in [1.165, 1.54) is 6.92 Å². The number of H-pyrrole nitrogens is 1. The van der Waals surface area contributed by atoms with E-state index in [9.17, 15) is 9.59 Å². The quantitative estimate of drug-likeness (QED) is 0.560. The molecule has 2 aromatic carbocycles. The molecule has 0 atom stereocenters. The number of carbonyl (C=O) groups excluding carboxylic acids is 2. The standard InChI is InChI=1S/C19H16ClNO3/c1-3-12-4-9-16-15(10-12)19(24-11(2)22)17(21-16)18(23)13-5-7-14(20)8-6-13/h4-10,21H,3H2,1-2H3. The molecule has 0 aliphatic carbocycles. The number of fused-ring (bicyclic) bond motifs is 1. The lowest BCUT2D eigenvalue weighted by Gasteiger charge is -2.05. The largest absolute Gasteiger partial charge is 0.424 e. The highest BCUT2D eigenvalue weighted by molar-refractivity contribution is 6.30. The summed E-state index contributed by atoms with van der Waals surface area (Å²) in [5.74, 6) is -0.451. The Balaban J connectivity index is 2.16. The summed E-state index contributed by atoms with van der Waals surface area (Å²) in [6.45, 7) is 3.36. The molecule has 3 rings (SSSR count). The summed E-state index contributed by atoms with van der Waals surface area (Å²) < 4.78 is 5.35. The minimum absolute atomic E-state index is 0.253. The van der Waals surface area contributed by atoms with Gasteiger partial charge in [-0.15, -0.1) is 0 Å².